The number of carbonyl (C=O) groups excluding carboxylic acids is 4. The predicted molar refractivity (Wildman–Crippen MR) is 253 cm³/mol. The molecule has 14 heteroatoms. The Morgan fingerprint density at radius 1 is 0.833 bits per heavy atom. The van der Waals surface area contributed by atoms with Gasteiger partial charge in [-0.2, -0.15) is 0 Å². The molecule has 14 nitrogen and oxygen atoms in total. The van der Waals surface area contributed by atoms with Crippen LogP contribution in [-0.2, 0) is 19.1 Å². The normalized spacial score (nSPS) is 26.2. The lowest BCUT2D eigenvalue weighted by molar-refractivity contribution is -0.138. The van der Waals surface area contributed by atoms with Gasteiger partial charge in [-0.15, -0.1) is 0 Å². The number of aromatic amines is 2. The molecule has 12 rings (SSSR count). The largest absolute Gasteiger partial charge is 0.453 e. The number of carbonyl (C=O) groups is 4. The number of H-pyrrole nitrogens is 2. The first-order valence-electron chi connectivity index (χ1n) is 24.6. The number of methoxy groups -OCH3 is 2. The van der Waals surface area contributed by atoms with Crippen molar-refractivity contribution >= 4 is 46.2 Å². The minimum absolute atomic E-state index is 0.0598. The van der Waals surface area contributed by atoms with Crippen LogP contribution in [0.15, 0.2) is 59.8 Å². The van der Waals surface area contributed by atoms with E-state index in [0.717, 1.165) is 105 Å². The second-order valence-electron chi connectivity index (χ2n) is 20.3. The molecule has 2 saturated heterocycles. The van der Waals surface area contributed by atoms with Crippen LogP contribution >= 0.6 is 0 Å². The van der Waals surface area contributed by atoms with E-state index in [9.17, 15) is 19.2 Å². The van der Waals surface area contributed by atoms with Crippen molar-refractivity contribution in [3.05, 3.63) is 82.8 Å². The van der Waals surface area contributed by atoms with Crippen LogP contribution in [-0.4, -0.2) is 92.6 Å². The minimum atomic E-state index is -0.685. The van der Waals surface area contributed by atoms with Crippen molar-refractivity contribution in [2.45, 2.75) is 141 Å². The highest BCUT2D eigenvalue weighted by molar-refractivity contribution is 5.88. The van der Waals surface area contributed by atoms with Gasteiger partial charge in [0.15, 0.2) is 0 Å². The third-order valence-corrected chi connectivity index (χ3v) is 15.5. The molecular weight excluding hydrogens is 833 g/mol. The van der Waals surface area contributed by atoms with Gasteiger partial charge in [-0.05, 0) is 135 Å². The Kier molecular flexibility index (Phi) is 13.3. The summed E-state index contributed by atoms with van der Waals surface area (Å²) in [5, 5.41) is 5.59. The molecule has 4 N–H and O–H groups in total. The smallest absolute Gasteiger partial charge is 0.407 e. The molecule has 352 valence electrons. The minimum Gasteiger partial charge on any atom is -0.453 e. The lowest BCUT2D eigenvalue weighted by atomic mass is 9.76. The van der Waals surface area contributed by atoms with Gasteiger partial charge in [-0.25, -0.2) is 19.6 Å². The van der Waals surface area contributed by atoms with E-state index < -0.39 is 24.3 Å². The fourth-order valence-electron chi connectivity index (χ4n) is 11.9. The highest BCUT2D eigenvalue weighted by Gasteiger charge is 2.48. The molecule has 3 fully saturated rings. The van der Waals surface area contributed by atoms with Gasteiger partial charge in [0.25, 0.3) is 0 Å². The number of hydrogen-bond acceptors (Lipinski definition) is 8. The molecule has 1 saturated carbocycles. The van der Waals surface area contributed by atoms with E-state index in [0.29, 0.717) is 24.3 Å². The summed E-state index contributed by atoms with van der Waals surface area (Å²) in [6.07, 6.45) is 23.2. The van der Waals surface area contributed by atoms with Crippen LogP contribution in [0.25, 0.3) is 22.2 Å². The van der Waals surface area contributed by atoms with Gasteiger partial charge in [0.05, 0.1) is 49.2 Å². The maximum atomic E-state index is 14.4. The Morgan fingerprint density at radius 2 is 1.59 bits per heavy atom. The Morgan fingerprint density at radius 3 is 2.35 bits per heavy atom. The first-order valence-corrected chi connectivity index (χ1v) is 24.6. The van der Waals surface area contributed by atoms with Gasteiger partial charge in [0, 0.05) is 12.6 Å². The highest BCUT2D eigenvalue weighted by atomic mass is 16.5. The number of aromatic nitrogens is 4. The van der Waals surface area contributed by atoms with Crippen LogP contribution in [0.1, 0.15) is 146 Å². The number of imidazole rings is 2. The van der Waals surface area contributed by atoms with Gasteiger partial charge in [0.2, 0.25) is 11.8 Å². The zero-order valence-corrected chi connectivity index (χ0v) is 39.5. The summed E-state index contributed by atoms with van der Waals surface area (Å²) in [5.74, 6) is 2.40. The number of nitrogens with zero attached hydrogens (tertiary/aromatic N) is 4. The quantitative estimate of drug-likeness (QED) is 0.156. The first kappa shape index (κ1) is 45.5. The number of rotatable bonds is 10. The number of amides is 4. The van der Waals surface area contributed by atoms with Crippen LogP contribution < -0.4 is 10.6 Å². The molecule has 2 aromatic heterocycles. The molecule has 0 radical (unpaired) electrons. The Bertz CT molecular complexity index is 2460. The number of alkyl carbamates (subject to hydrolysis) is 2. The lowest BCUT2D eigenvalue weighted by Crippen LogP contribution is -2.53. The molecule has 9 aliphatic rings. The van der Waals surface area contributed by atoms with Crippen molar-refractivity contribution in [2.24, 2.45) is 29.6 Å². The van der Waals surface area contributed by atoms with Gasteiger partial charge >= 0.3 is 12.2 Å². The second kappa shape index (κ2) is 19.3. The van der Waals surface area contributed by atoms with Crippen LogP contribution in [0.4, 0.5) is 9.59 Å². The number of fused-ring (bicyclic) bond motifs is 2. The molecule has 4 bridgehead atoms. The van der Waals surface area contributed by atoms with Crippen molar-refractivity contribution < 1.29 is 28.7 Å². The van der Waals surface area contributed by atoms with E-state index in [1.54, 1.807) is 0 Å². The highest BCUT2D eigenvalue weighted by Crippen LogP contribution is 2.47. The van der Waals surface area contributed by atoms with Crippen LogP contribution in [0.3, 0.4) is 0 Å². The summed E-state index contributed by atoms with van der Waals surface area (Å²) in [6.45, 7) is 8.41. The molecule has 0 unspecified atom stereocenters. The number of benzene rings is 1. The number of nitrogens with one attached hydrogen (secondary N) is 4. The van der Waals surface area contributed by atoms with Crippen molar-refractivity contribution in [3.63, 3.8) is 0 Å². The molecular formula is C52H68N8O6. The zero-order chi connectivity index (χ0) is 46.2. The van der Waals surface area contributed by atoms with Crippen molar-refractivity contribution in [3.8, 4) is 0 Å². The molecule has 8 atom stereocenters. The summed E-state index contributed by atoms with van der Waals surface area (Å²) in [5.41, 5.74) is 9.52. The molecule has 66 heavy (non-hydrogen) atoms. The Hall–Kier alpha value is -5.66. The summed E-state index contributed by atoms with van der Waals surface area (Å²) < 4.78 is 9.75. The fourth-order valence-corrected chi connectivity index (χ4v) is 11.9. The van der Waals surface area contributed by atoms with Gasteiger partial charge < -0.3 is 39.9 Å². The number of hydrogen-bond donors (Lipinski definition) is 4. The van der Waals surface area contributed by atoms with E-state index in [4.69, 9.17) is 19.4 Å². The molecule has 2 aliphatic heterocycles. The molecule has 1 aromatic carbocycles. The second-order valence-corrected chi connectivity index (χ2v) is 20.3. The fraction of sp³-hybridized carbons (Fsp3) is 0.577. The summed E-state index contributed by atoms with van der Waals surface area (Å²) in [7, 11) is 2.65. The maximum absolute atomic E-state index is 14.4. The third-order valence-electron chi connectivity index (χ3n) is 15.5. The van der Waals surface area contributed by atoms with Crippen LogP contribution in [0.2, 0.25) is 0 Å². The lowest BCUT2D eigenvalue weighted by Gasteiger charge is -2.36. The third kappa shape index (κ3) is 9.08. The monoisotopic (exact) mass is 901 g/mol. The summed E-state index contributed by atoms with van der Waals surface area (Å²) in [4.78, 5) is 74.1. The van der Waals surface area contributed by atoms with Crippen LogP contribution in [0.5, 0.6) is 0 Å². The average molecular weight is 901 g/mol. The molecule has 7 aliphatic carbocycles. The predicted octanol–water partition coefficient (Wildman–Crippen LogP) is 9.48. The number of likely N-dealkylation sites (tertiary alicyclic amines) is 2. The zero-order valence-electron chi connectivity index (χ0n) is 39.5. The average Bonchev–Trinajstić information content (AvgIpc) is 4.15. The Labute approximate surface area is 388 Å². The molecule has 4 heterocycles. The van der Waals surface area contributed by atoms with Crippen molar-refractivity contribution in [1.29, 1.82) is 0 Å². The van der Waals surface area contributed by atoms with Crippen molar-refractivity contribution in [1.82, 2.24) is 40.4 Å². The van der Waals surface area contributed by atoms with E-state index >= 15 is 0 Å². The van der Waals surface area contributed by atoms with Gasteiger partial charge in [-0.3, -0.25) is 9.59 Å². The maximum Gasteiger partial charge on any atom is 0.407 e. The topological polar surface area (TPSA) is 175 Å². The summed E-state index contributed by atoms with van der Waals surface area (Å²) in [6, 6.07) is 5.02. The first-order chi connectivity index (χ1) is 31.9. The molecule has 3 aromatic rings. The summed E-state index contributed by atoms with van der Waals surface area (Å²) >= 11 is 0. The van der Waals surface area contributed by atoms with Gasteiger partial charge in [-0.1, -0.05) is 76.5 Å². The molecule has 4 amide bonds. The van der Waals surface area contributed by atoms with E-state index in [1.165, 1.54) is 48.5 Å². The number of allylic oxidation sites excluding steroid dienone is 8. The van der Waals surface area contributed by atoms with Gasteiger partial charge in [0.1, 0.15) is 23.7 Å². The Balaban J connectivity index is 0.943. The van der Waals surface area contributed by atoms with Crippen molar-refractivity contribution in [2.75, 3.05) is 20.8 Å². The standard InChI is InChI=1S/C52H68N8O6/c1-29(2)45(57-51(63)65-5)49(61)59-23-9-12-43(59)47-53-28-41(56-47)38-25-32-14-18-33-17-13-31(15-19-34(38)20-16-32)24-37(33)35-21-22-39-40(26-35)55-48(54-39)44-27-36-10-7-8-11-42(36)60(44)50(62)46(30(3)4)58-52(64)66-6/h13,16-17,21-22,25-26,28-31,34,36,42-46H,7-12,14-15,18-20,23-24,27H2,1-6H3,(H,53,56)(H,54,55)(H,57,63)(H,58,64)/t31-,34-,36-,42-,43-,44-,45-,46-/m0/s1. The number of ether oxygens (including phenoxy) is 2. The van der Waals surface area contributed by atoms with E-state index in [2.05, 4.69) is 68.0 Å². The SMILES string of the molecule is COC(=O)N[C@H](C(=O)N1CCC[C@H]1c1ncc(C2=CC3=CC[C@@H]2CC[C@@H]2C=CC(=C(c4ccc5nc([C@@H]6C[C@@H]7CCCC[C@@H]7N6C(=O)[C@@H](NC(=O)OC)C(C)C)[nH]c5c4)C2)CC3)[nH]1)C(C)C. The van der Waals surface area contributed by atoms with E-state index in [1.807, 2.05) is 38.8 Å². The van der Waals surface area contributed by atoms with Crippen LogP contribution in [0, 0.1) is 29.6 Å². The molecule has 0 spiro atoms. The van der Waals surface area contributed by atoms with E-state index in [-0.39, 0.29) is 41.8 Å².